The van der Waals surface area contributed by atoms with Gasteiger partial charge in [0.05, 0.1) is 5.56 Å². The van der Waals surface area contributed by atoms with Crippen molar-refractivity contribution in [2.75, 3.05) is 16.9 Å². The number of nitrogens with zero attached hydrogens (tertiary/aromatic N) is 2. The average Bonchev–Trinajstić information content (AvgIpc) is 2.95. The molecule has 0 fully saturated rings. The molecule has 0 aliphatic heterocycles. The van der Waals surface area contributed by atoms with Crippen molar-refractivity contribution in [3.8, 4) is 11.1 Å². The first-order chi connectivity index (χ1) is 12.1. The molecule has 3 aromatic rings. The summed E-state index contributed by atoms with van der Waals surface area (Å²) in [5, 5.41) is 10.9. The molecule has 0 aliphatic carbocycles. The number of pyridine rings is 1. The van der Waals surface area contributed by atoms with E-state index in [9.17, 15) is 4.79 Å². The summed E-state index contributed by atoms with van der Waals surface area (Å²) >= 11 is 1.54. The van der Waals surface area contributed by atoms with Crippen LogP contribution in [0.3, 0.4) is 0 Å². The fourth-order valence-electron chi connectivity index (χ4n) is 2.50. The Morgan fingerprint density at radius 2 is 2.00 bits per heavy atom. The molecule has 25 heavy (non-hydrogen) atoms. The zero-order chi connectivity index (χ0) is 17.8. The number of nitrogens with one attached hydrogen (secondary N) is 2. The van der Waals surface area contributed by atoms with Gasteiger partial charge in [0.25, 0.3) is 0 Å². The summed E-state index contributed by atoms with van der Waals surface area (Å²) in [6.07, 6.45) is 3.71. The maximum absolute atomic E-state index is 11.2. The summed E-state index contributed by atoms with van der Waals surface area (Å²) in [6, 6.07) is 11.4. The molecule has 0 atom stereocenters. The number of benzene rings is 1. The van der Waals surface area contributed by atoms with Crippen LogP contribution < -0.4 is 10.6 Å². The summed E-state index contributed by atoms with van der Waals surface area (Å²) < 4.78 is 5.30. The molecule has 2 N–H and O–H groups in total. The van der Waals surface area contributed by atoms with E-state index in [4.69, 9.17) is 4.52 Å². The van der Waals surface area contributed by atoms with Gasteiger partial charge in [-0.1, -0.05) is 11.2 Å². The van der Waals surface area contributed by atoms with E-state index >= 15 is 0 Å². The number of aromatic nitrogens is 2. The molecule has 1 amide bonds. The third kappa shape index (κ3) is 4.00. The molecule has 0 saturated heterocycles. The Labute approximate surface area is 150 Å². The Morgan fingerprint density at radius 1 is 1.20 bits per heavy atom. The average molecular weight is 354 g/mol. The normalized spacial score (nSPS) is 10.5. The standard InChI is InChI=1S/C18H18N4O2S/c1-11-17(18(25-3)22-24-11)13-7-8-19-16(9-13)21-15-6-4-5-14(10-15)20-12(2)23/h4-10H,1-3H3,(H,19,21)(H,20,23). The van der Waals surface area contributed by atoms with Gasteiger partial charge >= 0.3 is 0 Å². The predicted octanol–water partition coefficient (Wildman–Crippen LogP) is 4.47. The lowest BCUT2D eigenvalue weighted by Crippen LogP contribution is -2.05. The highest BCUT2D eigenvalue weighted by atomic mass is 32.2. The smallest absolute Gasteiger partial charge is 0.221 e. The van der Waals surface area contributed by atoms with Gasteiger partial charge in [-0.2, -0.15) is 0 Å². The van der Waals surface area contributed by atoms with Gasteiger partial charge in [0, 0.05) is 24.5 Å². The van der Waals surface area contributed by atoms with Crippen molar-refractivity contribution < 1.29 is 9.32 Å². The number of anilines is 3. The zero-order valence-corrected chi connectivity index (χ0v) is 15.0. The van der Waals surface area contributed by atoms with Crippen LogP contribution in [0.15, 0.2) is 52.1 Å². The van der Waals surface area contributed by atoms with Crippen LogP contribution in [0.4, 0.5) is 17.2 Å². The maximum Gasteiger partial charge on any atom is 0.221 e. The first kappa shape index (κ1) is 17.0. The van der Waals surface area contributed by atoms with Gasteiger partial charge in [-0.15, -0.1) is 11.8 Å². The topological polar surface area (TPSA) is 80.1 Å². The van der Waals surface area contributed by atoms with Crippen LogP contribution >= 0.6 is 11.8 Å². The van der Waals surface area contributed by atoms with Crippen LogP contribution in [-0.4, -0.2) is 22.3 Å². The van der Waals surface area contributed by atoms with Crippen molar-refractivity contribution in [2.24, 2.45) is 0 Å². The molecule has 0 bridgehead atoms. The molecule has 2 aromatic heterocycles. The van der Waals surface area contributed by atoms with Crippen molar-refractivity contribution >= 4 is 34.9 Å². The molecule has 3 rings (SSSR count). The van der Waals surface area contributed by atoms with Crippen molar-refractivity contribution in [1.29, 1.82) is 0 Å². The van der Waals surface area contributed by atoms with E-state index in [1.54, 1.807) is 18.0 Å². The Balaban J connectivity index is 1.87. The van der Waals surface area contributed by atoms with E-state index < -0.39 is 0 Å². The Kier molecular flexibility index (Phi) is 5.04. The maximum atomic E-state index is 11.2. The highest BCUT2D eigenvalue weighted by molar-refractivity contribution is 7.98. The summed E-state index contributed by atoms with van der Waals surface area (Å²) in [6.45, 7) is 3.38. The van der Waals surface area contributed by atoms with Crippen LogP contribution in [0.5, 0.6) is 0 Å². The second-order valence-electron chi connectivity index (χ2n) is 5.44. The van der Waals surface area contributed by atoms with Crippen LogP contribution in [0.25, 0.3) is 11.1 Å². The number of carbonyl (C=O) groups is 1. The number of carbonyl (C=O) groups excluding carboxylic acids is 1. The first-order valence-electron chi connectivity index (χ1n) is 7.68. The highest BCUT2D eigenvalue weighted by Gasteiger charge is 2.14. The van der Waals surface area contributed by atoms with Gasteiger partial charge in [-0.25, -0.2) is 4.98 Å². The minimum Gasteiger partial charge on any atom is -0.360 e. The summed E-state index contributed by atoms with van der Waals surface area (Å²) in [5.74, 6) is 1.36. The van der Waals surface area contributed by atoms with E-state index in [1.807, 2.05) is 49.6 Å². The molecule has 128 valence electrons. The van der Waals surface area contributed by atoms with Gasteiger partial charge in [0.2, 0.25) is 5.91 Å². The largest absolute Gasteiger partial charge is 0.360 e. The highest BCUT2D eigenvalue weighted by Crippen LogP contribution is 2.33. The number of aryl methyl sites for hydroxylation is 1. The lowest BCUT2D eigenvalue weighted by molar-refractivity contribution is -0.114. The molecule has 0 aliphatic rings. The first-order valence-corrected chi connectivity index (χ1v) is 8.90. The van der Waals surface area contributed by atoms with Crippen molar-refractivity contribution in [3.05, 3.63) is 48.4 Å². The third-order valence-electron chi connectivity index (χ3n) is 3.53. The monoisotopic (exact) mass is 354 g/mol. The minimum atomic E-state index is -0.107. The summed E-state index contributed by atoms with van der Waals surface area (Å²) in [4.78, 5) is 15.6. The van der Waals surface area contributed by atoms with Crippen LogP contribution in [0.1, 0.15) is 12.7 Å². The molecular weight excluding hydrogens is 336 g/mol. The SMILES string of the molecule is CSc1noc(C)c1-c1ccnc(Nc2cccc(NC(C)=O)c2)c1. The quantitative estimate of drug-likeness (QED) is 0.658. The molecule has 7 heteroatoms. The Hall–Kier alpha value is -2.80. The van der Waals surface area contributed by atoms with Gasteiger partial charge in [-0.3, -0.25) is 4.79 Å². The lowest BCUT2D eigenvalue weighted by atomic mass is 10.1. The fraction of sp³-hybridized carbons (Fsp3) is 0.167. The van der Waals surface area contributed by atoms with Crippen LogP contribution in [0.2, 0.25) is 0 Å². The van der Waals surface area contributed by atoms with Crippen LogP contribution in [0, 0.1) is 6.92 Å². The van der Waals surface area contributed by atoms with Gasteiger partial charge in [0.1, 0.15) is 16.6 Å². The summed E-state index contributed by atoms with van der Waals surface area (Å²) in [5.41, 5.74) is 3.53. The van der Waals surface area contributed by atoms with Gasteiger partial charge in [-0.05, 0) is 49.1 Å². The van der Waals surface area contributed by atoms with Crippen molar-refractivity contribution in [3.63, 3.8) is 0 Å². The predicted molar refractivity (Wildman–Crippen MR) is 100 cm³/mol. The number of amides is 1. The number of thioether (sulfide) groups is 1. The number of rotatable bonds is 5. The molecule has 6 nitrogen and oxygen atoms in total. The molecule has 2 heterocycles. The second kappa shape index (κ2) is 7.40. The van der Waals surface area contributed by atoms with E-state index in [-0.39, 0.29) is 5.91 Å². The number of hydrogen-bond donors (Lipinski definition) is 2. The van der Waals surface area contributed by atoms with Crippen LogP contribution in [-0.2, 0) is 4.79 Å². The van der Waals surface area contributed by atoms with E-state index in [1.165, 1.54) is 6.92 Å². The molecule has 0 unspecified atom stereocenters. The van der Waals surface area contributed by atoms with E-state index in [0.717, 1.165) is 33.3 Å². The van der Waals surface area contributed by atoms with E-state index in [2.05, 4.69) is 20.8 Å². The summed E-state index contributed by atoms with van der Waals surface area (Å²) in [7, 11) is 0. The molecule has 0 radical (unpaired) electrons. The van der Waals surface area contributed by atoms with Gasteiger partial charge < -0.3 is 15.2 Å². The molecule has 0 saturated carbocycles. The fourth-order valence-corrected chi connectivity index (χ4v) is 3.08. The lowest BCUT2D eigenvalue weighted by Gasteiger charge is -2.09. The van der Waals surface area contributed by atoms with Crippen molar-refractivity contribution in [1.82, 2.24) is 10.1 Å². The zero-order valence-electron chi connectivity index (χ0n) is 14.2. The molecule has 1 aromatic carbocycles. The number of hydrogen-bond acceptors (Lipinski definition) is 6. The third-order valence-corrected chi connectivity index (χ3v) is 4.19. The Bertz CT molecular complexity index is 908. The molecule has 0 spiro atoms. The molecular formula is C18H18N4O2S. The Morgan fingerprint density at radius 3 is 2.76 bits per heavy atom. The van der Waals surface area contributed by atoms with E-state index in [0.29, 0.717) is 5.82 Å². The second-order valence-corrected chi connectivity index (χ2v) is 6.23. The van der Waals surface area contributed by atoms with Crippen molar-refractivity contribution in [2.45, 2.75) is 18.9 Å². The minimum absolute atomic E-state index is 0.107. The van der Waals surface area contributed by atoms with Gasteiger partial charge in [0.15, 0.2) is 0 Å².